The monoisotopic (exact) mass is 324 g/mol. The lowest BCUT2D eigenvalue weighted by atomic mass is 10.1. The van der Waals surface area contributed by atoms with E-state index in [9.17, 15) is 4.79 Å². The van der Waals surface area contributed by atoms with Crippen molar-refractivity contribution in [2.24, 2.45) is 0 Å². The van der Waals surface area contributed by atoms with E-state index in [0.29, 0.717) is 18.8 Å². The Hall–Kier alpha value is -2.76. The Balaban J connectivity index is 1.43. The topological polar surface area (TPSA) is 71.9 Å². The summed E-state index contributed by atoms with van der Waals surface area (Å²) in [6, 6.07) is 8.18. The van der Waals surface area contributed by atoms with Gasteiger partial charge in [0.25, 0.3) is 5.91 Å². The minimum absolute atomic E-state index is 0.141. The molecular weight excluding hydrogens is 304 g/mol. The van der Waals surface area contributed by atoms with Crippen LogP contribution in [0.2, 0.25) is 0 Å². The number of benzene rings is 1. The second kappa shape index (κ2) is 6.03. The van der Waals surface area contributed by atoms with Gasteiger partial charge in [0.05, 0.1) is 6.61 Å². The maximum Gasteiger partial charge on any atom is 0.272 e. The normalized spacial score (nSPS) is 13.5. The number of aromatic nitrogens is 3. The van der Waals surface area contributed by atoms with Gasteiger partial charge in [-0.3, -0.25) is 4.79 Å². The van der Waals surface area contributed by atoms with Crippen molar-refractivity contribution in [3.05, 3.63) is 47.3 Å². The summed E-state index contributed by atoms with van der Waals surface area (Å²) < 4.78 is 7.40. The van der Waals surface area contributed by atoms with Crippen molar-refractivity contribution in [2.45, 2.75) is 26.3 Å². The first-order valence-corrected chi connectivity index (χ1v) is 8.27. The van der Waals surface area contributed by atoms with Gasteiger partial charge < -0.3 is 15.0 Å². The van der Waals surface area contributed by atoms with Crippen molar-refractivity contribution in [3.63, 3.8) is 0 Å². The minimum Gasteiger partial charge on any atom is -0.478 e. The summed E-state index contributed by atoms with van der Waals surface area (Å²) in [4.78, 5) is 15.7. The van der Waals surface area contributed by atoms with Crippen LogP contribution in [0.25, 0.3) is 10.9 Å². The van der Waals surface area contributed by atoms with Crippen LogP contribution < -0.4 is 10.1 Å². The van der Waals surface area contributed by atoms with Crippen LogP contribution in [-0.4, -0.2) is 33.8 Å². The number of nitrogens with one attached hydrogen (secondary N) is 2. The molecule has 0 aliphatic carbocycles. The third-order valence-electron chi connectivity index (χ3n) is 4.45. The molecule has 0 radical (unpaired) electrons. The number of H-pyrrole nitrogens is 1. The van der Waals surface area contributed by atoms with Crippen molar-refractivity contribution in [3.8, 4) is 5.88 Å². The van der Waals surface area contributed by atoms with E-state index in [2.05, 4.69) is 27.5 Å². The summed E-state index contributed by atoms with van der Waals surface area (Å²) in [5.41, 5.74) is 3.61. The van der Waals surface area contributed by atoms with Crippen LogP contribution in [0.3, 0.4) is 0 Å². The lowest BCUT2D eigenvalue weighted by Crippen LogP contribution is -2.26. The van der Waals surface area contributed by atoms with Crippen LogP contribution in [-0.2, 0) is 13.0 Å². The maximum atomic E-state index is 12.4. The molecule has 2 N–H and O–H groups in total. The Morgan fingerprint density at radius 3 is 3.17 bits per heavy atom. The lowest BCUT2D eigenvalue weighted by Gasteiger charge is -2.14. The number of aromatic amines is 1. The zero-order chi connectivity index (χ0) is 16.5. The molecule has 2 aromatic heterocycles. The number of carbonyl (C=O) groups excluding carboxylic acids is 1. The van der Waals surface area contributed by atoms with Gasteiger partial charge in [0.15, 0.2) is 5.69 Å². The molecule has 1 aromatic carbocycles. The predicted octanol–water partition coefficient (Wildman–Crippen LogP) is 2.43. The smallest absolute Gasteiger partial charge is 0.272 e. The first-order valence-electron chi connectivity index (χ1n) is 8.27. The molecule has 4 rings (SSSR count). The number of para-hydroxylation sites is 1. The van der Waals surface area contributed by atoms with Crippen molar-refractivity contribution in [1.29, 1.82) is 0 Å². The van der Waals surface area contributed by atoms with E-state index in [1.807, 2.05) is 25.3 Å². The van der Waals surface area contributed by atoms with Crippen molar-refractivity contribution >= 4 is 16.8 Å². The van der Waals surface area contributed by atoms with Crippen LogP contribution in [0.5, 0.6) is 5.88 Å². The van der Waals surface area contributed by atoms with E-state index in [1.54, 1.807) is 4.68 Å². The van der Waals surface area contributed by atoms with Crippen LogP contribution in [0.1, 0.15) is 28.0 Å². The fraction of sp³-hybridized carbons (Fsp3) is 0.333. The number of aryl methyl sites for hydroxylation is 1. The van der Waals surface area contributed by atoms with Crippen molar-refractivity contribution in [2.75, 3.05) is 13.2 Å². The summed E-state index contributed by atoms with van der Waals surface area (Å²) in [5, 5.41) is 8.56. The Morgan fingerprint density at radius 2 is 2.29 bits per heavy atom. The van der Waals surface area contributed by atoms with E-state index in [0.717, 1.165) is 36.3 Å². The lowest BCUT2D eigenvalue weighted by molar-refractivity contribution is 0.0947. The average Bonchev–Trinajstić information content (AvgIpc) is 3.17. The van der Waals surface area contributed by atoms with Gasteiger partial charge in [0.1, 0.15) is 0 Å². The fourth-order valence-electron chi connectivity index (χ4n) is 3.20. The Morgan fingerprint density at radius 1 is 1.42 bits per heavy atom. The zero-order valence-corrected chi connectivity index (χ0v) is 13.6. The Kier molecular flexibility index (Phi) is 3.72. The van der Waals surface area contributed by atoms with E-state index in [-0.39, 0.29) is 5.91 Å². The number of rotatable bonds is 4. The molecule has 1 aliphatic heterocycles. The van der Waals surface area contributed by atoms with Gasteiger partial charge in [-0.15, -0.1) is 0 Å². The molecule has 0 saturated carbocycles. The Bertz CT molecular complexity index is 894. The van der Waals surface area contributed by atoms with Crippen LogP contribution >= 0.6 is 0 Å². The first kappa shape index (κ1) is 14.8. The molecule has 0 spiro atoms. The van der Waals surface area contributed by atoms with Gasteiger partial charge in [-0.05, 0) is 25.0 Å². The number of hydrogen-bond donors (Lipinski definition) is 2. The summed E-state index contributed by atoms with van der Waals surface area (Å²) >= 11 is 0. The molecule has 124 valence electrons. The molecule has 6 heteroatoms. The molecule has 0 saturated heterocycles. The number of fused-ring (bicyclic) bond motifs is 2. The highest BCUT2D eigenvalue weighted by Gasteiger charge is 2.22. The average molecular weight is 324 g/mol. The van der Waals surface area contributed by atoms with Gasteiger partial charge >= 0.3 is 0 Å². The Labute approximate surface area is 139 Å². The quantitative estimate of drug-likeness (QED) is 0.774. The number of amides is 1. The highest BCUT2D eigenvalue weighted by atomic mass is 16.5. The molecule has 3 aromatic rings. The molecule has 24 heavy (non-hydrogen) atoms. The molecule has 0 atom stereocenters. The molecule has 6 nitrogen and oxygen atoms in total. The van der Waals surface area contributed by atoms with Gasteiger partial charge in [0, 0.05) is 42.2 Å². The number of nitrogens with zero attached hydrogens (tertiary/aromatic N) is 2. The highest BCUT2D eigenvalue weighted by Crippen LogP contribution is 2.25. The van der Waals surface area contributed by atoms with E-state index in [1.165, 1.54) is 10.9 Å². The summed E-state index contributed by atoms with van der Waals surface area (Å²) in [6.07, 6.45) is 3.71. The SMILES string of the molecule is Cc1c(C(=O)NCCc2c[nH]c3ccccc23)nn2c1OCCC2. The molecule has 0 bridgehead atoms. The third-order valence-corrected chi connectivity index (χ3v) is 4.45. The standard InChI is InChI=1S/C18H20N4O2/c1-12-16(21-22-9-4-10-24-18(12)22)17(23)19-8-7-13-11-20-15-6-3-2-5-14(13)15/h2-3,5-6,11,20H,4,7-10H2,1H3,(H,19,23). The number of carbonyl (C=O) groups is 1. The molecule has 0 fully saturated rings. The van der Waals surface area contributed by atoms with E-state index in [4.69, 9.17) is 4.74 Å². The van der Waals surface area contributed by atoms with Crippen LogP contribution in [0, 0.1) is 6.92 Å². The van der Waals surface area contributed by atoms with E-state index < -0.39 is 0 Å². The largest absolute Gasteiger partial charge is 0.478 e. The highest BCUT2D eigenvalue weighted by molar-refractivity contribution is 5.94. The molecular formula is C18H20N4O2. The van der Waals surface area contributed by atoms with Crippen LogP contribution in [0.15, 0.2) is 30.5 Å². The first-order chi connectivity index (χ1) is 11.7. The second-order valence-corrected chi connectivity index (χ2v) is 6.07. The molecule has 1 aliphatic rings. The zero-order valence-electron chi connectivity index (χ0n) is 13.6. The number of hydrogen-bond acceptors (Lipinski definition) is 3. The van der Waals surface area contributed by atoms with Crippen LogP contribution in [0.4, 0.5) is 0 Å². The van der Waals surface area contributed by atoms with Gasteiger partial charge in [-0.2, -0.15) is 5.10 Å². The summed E-state index contributed by atoms with van der Waals surface area (Å²) in [6.45, 7) is 3.95. The minimum atomic E-state index is -0.141. The van der Waals surface area contributed by atoms with Crippen molar-refractivity contribution in [1.82, 2.24) is 20.1 Å². The second-order valence-electron chi connectivity index (χ2n) is 6.07. The molecule has 3 heterocycles. The summed E-state index contributed by atoms with van der Waals surface area (Å²) in [5.74, 6) is 0.584. The predicted molar refractivity (Wildman–Crippen MR) is 91.4 cm³/mol. The number of ether oxygens (including phenoxy) is 1. The van der Waals surface area contributed by atoms with Gasteiger partial charge in [0.2, 0.25) is 5.88 Å². The van der Waals surface area contributed by atoms with Gasteiger partial charge in [-0.1, -0.05) is 18.2 Å². The van der Waals surface area contributed by atoms with Crippen molar-refractivity contribution < 1.29 is 9.53 Å². The molecule has 0 unspecified atom stereocenters. The van der Waals surface area contributed by atoms with E-state index >= 15 is 0 Å². The third kappa shape index (κ3) is 2.54. The summed E-state index contributed by atoms with van der Waals surface area (Å²) in [7, 11) is 0. The maximum absolute atomic E-state index is 12.4. The fourth-order valence-corrected chi connectivity index (χ4v) is 3.20. The molecule has 1 amide bonds. The van der Waals surface area contributed by atoms with Gasteiger partial charge in [-0.25, -0.2) is 4.68 Å².